The Labute approximate surface area is 302 Å². The molecule has 0 saturated carbocycles. The van der Waals surface area contributed by atoms with Crippen LogP contribution < -0.4 is 0 Å². The van der Waals surface area contributed by atoms with Gasteiger partial charge < -0.3 is 0 Å². The summed E-state index contributed by atoms with van der Waals surface area (Å²) in [5.41, 5.74) is 9.53. The molecule has 4 aromatic heterocycles. The lowest BCUT2D eigenvalue weighted by molar-refractivity contribution is 1.00. The molecular formula is C47H28N4S. The Hall–Kier alpha value is -6.69. The number of nitrogens with zero attached hydrogens (tertiary/aromatic N) is 4. The SMILES string of the molecule is c1ccc(-c2ccc(-c3ccc(-c4nc(-n5c6ncccc6c6c7ccccc7c7c8ccccc8sc7c65)nc5ccccc45)cc3)cc2)cc1. The van der Waals surface area contributed by atoms with Crippen molar-refractivity contribution in [1.82, 2.24) is 19.5 Å². The molecule has 242 valence electrons. The molecule has 0 amide bonds. The molecule has 52 heavy (non-hydrogen) atoms. The highest BCUT2D eigenvalue weighted by atomic mass is 32.1. The van der Waals surface area contributed by atoms with Gasteiger partial charge in [-0.2, -0.15) is 0 Å². The minimum absolute atomic E-state index is 0.613. The number of thiophene rings is 1. The first-order chi connectivity index (χ1) is 25.8. The number of hydrogen-bond acceptors (Lipinski definition) is 4. The monoisotopic (exact) mass is 680 g/mol. The maximum absolute atomic E-state index is 5.42. The van der Waals surface area contributed by atoms with Crippen LogP contribution in [0.1, 0.15) is 0 Å². The van der Waals surface area contributed by atoms with Gasteiger partial charge in [-0.15, -0.1) is 11.3 Å². The standard InChI is InChI=1S/C47H28N4S/c1-2-11-29(12-3-1)30-20-22-31(23-21-30)32-24-26-33(27-25-32)43-36-15-6-8-18-39(36)49-47(50-43)51-44-41(38-17-10-28-48-46(38)51)34-13-4-5-14-35(34)42-37-16-7-9-19-40(37)52-45(42)44/h1-28H. The van der Waals surface area contributed by atoms with Crippen molar-refractivity contribution in [2.45, 2.75) is 0 Å². The Balaban J connectivity index is 1.14. The van der Waals surface area contributed by atoms with Crippen molar-refractivity contribution >= 4 is 75.1 Å². The maximum atomic E-state index is 5.42. The van der Waals surface area contributed by atoms with Gasteiger partial charge in [0.25, 0.3) is 0 Å². The van der Waals surface area contributed by atoms with Gasteiger partial charge in [-0.3, -0.25) is 4.57 Å². The Morgan fingerprint density at radius 3 is 1.71 bits per heavy atom. The van der Waals surface area contributed by atoms with Gasteiger partial charge >= 0.3 is 0 Å². The molecule has 0 spiro atoms. The molecule has 4 heterocycles. The van der Waals surface area contributed by atoms with Gasteiger partial charge in [-0.05, 0) is 57.3 Å². The van der Waals surface area contributed by atoms with Crippen molar-refractivity contribution in [3.05, 3.63) is 170 Å². The van der Waals surface area contributed by atoms with Gasteiger partial charge in [0, 0.05) is 43.4 Å². The van der Waals surface area contributed by atoms with E-state index in [2.05, 4.69) is 156 Å². The molecule has 11 aromatic rings. The molecular weight excluding hydrogens is 653 g/mol. The Morgan fingerprint density at radius 1 is 0.423 bits per heavy atom. The fraction of sp³-hybridized carbons (Fsp3) is 0. The van der Waals surface area contributed by atoms with Crippen LogP contribution in [0, 0.1) is 0 Å². The quantitative estimate of drug-likeness (QED) is 0.186. The summed E-state index contributed by atoms with van der Waals surface area (Å²) >= 11 is 1.83. The first kappa shape index (κ1) is 29.1. The van der Waals surface area contributed by atoms with Crippen molar-refractivity contribution in [2.75, 3.05) is 0 Å². The fourth-order valence-corrected chi connectivity index (χ4v) is 9.15. The largest absolute Gasteiger partial charge is 0.260 e. The number of benzene rings is 7. The number of fused-ring (bicyclic) bond motifs is 11. The summed E-state index contributed by atoms with van der Waals surface area (Å²) in [4.78, 5) is 15.7. The van der Waals surface area contributed by atoms with E-state index >= 15 is 0 Å². The molecule has 0 unspecified atom stereocenters. The highest BCUT2D eigenvalue weighted by Crippen LogP contribution is 2.47. The van der Waals surface area contributed by atoms with Crippen molar-refractivity contribution < 1.29 is 0 Å². The third-order valence-corrected chi connectivity index (χ3v) is 11.5. The number of rotatable bonds is 4. The second-order valence-corrected chi connectivity index (χ2v) is 14.2. The Kier molecular flexibility index (Phi) is 6.39. The van der Waals surface area contributed by atoms with Crippen LogP contribution >= 0.6 is 11.3 Å². The van der Waals surface area contributed by atoms with E-state index < -0.39 is 0 Å². The summed E-state index contributed by atoms with van der Waals surface area (Å²) in [6.07, 6.45) is 1.87. The summed E-state index contributed by atoms with van der Waals surface area (Å²) in [7, 11) is 0. The number of para-hydroxylation sites is 1. The van der Waals surface area contributed by atoms with Crippen LogP contribution in [0.4, 0.5) is 0 Å². The van der Waals surface area contributed by atoms with E-state index in [0.717, 1.165) is 44.3 Å². The topological polar surface area (TPSA) is 43.6 Å². The highest BCUT2D eigenvalue weighted by molar-refractivity contribution is 7.27. The van der Waals surface area contributed by atoms with Gasteiger partial charge in [-0.25, -0.2) is 15.0 Å². The second kappa shape index (κ2) is 11.4. The van der Waals surface area contributed by atoms with Gasteiger partial charge in [0.05, 0.1) is 21.4 Å². The predicted octanol–water partition coefficient (Wildman–Crippen LogP) is 12.6. The highest BCUT2D eigenvalue weighted by Gasteiger charge is 2.24. The lowest BCUT2D eigenvalue weighted by Gasteiger charge is -2.13. The zero-order valence-corrected chi connectivity index (χ0v) is 28.7. The smallest absolute Gasteiger partial charge is 0.237 e. The van der Waals surface area contributed by atoms with Crippen LogP contribution in [0.15, 0.2) is 170 Å². The molecule has 0 saturated heterocycles. The van der Waals surface area contributed by atoms with E-state index in [1.807, 2.05) is 29.7 Å². The average molecular weight is 681 g/mol. The molecule has 5 heteroatoms. The summed E-state index contributed by atoms with van der Waals surface area (Å²) in [5.74, 6) is 0.613. The lowest BCUT2D eigenvalue weighted by Crippen LogP contribution is -2.04. The van der Waals surface area contributed by atoms with E-state index in [-0.39, 0.29) is 0 Å². The third kappa shape index (κ3) is 4.36. The fourth-order valence-electron chi connectivity index (χ4n) is 7.89. The molecule has 4 nitrogen and oxygen atoms in total. The van der Waals surface area contributed by atoms with Crippen molar-refractivity contribution in [2.24, 2.45) is 0 Å². The van der Waals surface area contributed by atoms with E-state index in [1.54, 1.807) is 0 Å². The first-order valence-electron chi connectivity index (χ1n) is 17.4. The van der Waals surface area contributed by atoms with Crippen molar-refractivity contribution in [3.63, 3.8) is 0 Å². The molecule has 0 N–H and O–H groups in total. The number of pyridine rings is 1. The summed E-state index contributed by atoms with van der Waals surface area (Å²) in [6, 6.07) is 58.0. The molecule has 0 aliphatic heterocycles. The van der Waals surface area contributed by atoms with Crippen LogP contribution in [0.2, 0.25) is 0 Å². The van der Waals surface area contributed by atoms with E-state index in [1.165, 1.54) is 53.0 Å². The van der Waals surface area contributed by atoms with Crippen LogP contribution in [0.25, 0.3) is 103 Å². The average Bonchev–Trinajstić information content (AvgIpc) is 3.78. The van der Waals surface area contributed by atoms with Crippen molar-refractivity contribution in [3.8, 4) is 39.5 Å². The summed E-state index contributed by atoms with van der Waals surface area (Å²) in [5, 5.41) is 8.27. The molecule has 7 aromatic carbocycles. The summed E-state index contributed by atoms with van der Waals surface area (Å²) in [6.45, 7) is 0. The zero-order chi connectivity index (χ0) is 34.2. The van der Waals surface area contributed by atoms with Gasteiger partial charge in [0.15, 0.2) is 0 Å². The van der Waals surface area contributed by atoms with Gasteiger partial charge in [0.1, 0.15) is 5.65 Å². The molecule has 0 radical (unpaired) electrons. The van der Waals surface area contributed by atoms with E-state index in [9.17, 15) is 0 Å². The number of aromatic nitrogens is 4. The minimum Gasteiger partial charge on any atom is -0.260 e. The Morgan fingerprint density at radius 2 is 0.981 bits per heavy atom. The van der Waals surface area contributed by atoms with E-state index in [0.29, 0.717) is 5.95 Å². The minimum atomic E-state index is 0.613. The zero-order valence-electron chi connectivity index (χ0n) is 27.9. The van der Waals surface area contributed by atoms with Gasteiger partial charge in [-0.1, -0.05) is 140 Å². The first-order valence-corrected chi connectivity index (χ1v) is 18.3. The third-order valence-electron chi connectivity index (χ3n) is 10.3. The second-order valence-electron chi connectivity index (χ2n) is 13.2. The molecule has 0 atom stereocenters. The summed E-state index contributed by atoms with van der Waals surface area (Å²) < 4.78 is 4.68. The van der Waals surface area contributed by atoms with Crippen LogP contribution in [-0.2, 0) is 0 Å². The number of hydrogen-bond donors (Lipinski definition) is 0. The van der Waals surface area contributed by atoms with Crippen LogP contribution in [0.3, 0.4) is 0 Å². The van der Waals surface area contributed by atoms with Crippen LogP contribution in [0.5, 0.6) is 0 Å². The Bertz CT molecular complexity index is 3160. The van der Waals surface area contributed by atoms with E-state index in [4.69, 9.17) is 15.0 Å². The predicted molar refractivity (Wildman–Crippen MR) is 218 cm³/mol. The maximum Gasteiger partial charge on any atom is 0.237 e. The lowest BCUT2D eigenvalue weighted by atomic mass is 9.98. The molecule has 0 fully saturated rings. The van der Waals surface area contributed by atoms with Gasteiger partial charge in [0.2, 0.25) is 5.95 Å². The molecule has 0 bridgehead atoms. The molecule has 0 aliphatic carbocycles. The molecule has 0 aliphatic rings. The normalized spacial score (nSPS) is 11.8. The van der Waals surface area contributed by atoms with Crippen LogP contribution in [-0.4, -0.2) is 19.5 Å². The molecule has 11 rings (SSSR count). The van der Waals surface area contributed by atoms with Crippen molar-refractivity contribution in [1.29, 1.82) is 0 Å².